The Balaban J connectivity index is 1.58. The molecule has 2 aromatic heterocycles. The van der Waals surface area contributed by atoms with Crippen LogP contribution in [0.3, 0.4) is 0 Å². The maximum atomic E-state index is 9.05. The molecule has 0 saturated heterocycles. The van der Waals surface area contributed by atoms with Gasteiger partial charge in [-0.15, -0.1) is 10.2 Å². The van der Waals surface area contributed by atoms with Crippen LogP contribution in [0.1, 0.15) is 42.3 Å². The molecular weight excluding hydrogens is 278 g/mol. The third kappa shape index (κ3) is 3.25. The summed E-state index contributed by atoms with van der Waals surface area (Å²) < 4.78 is 5.45. The lowest BCUT2D eigenvalue weighted by Crippen LogP contribution is -2.17. The summed E-state index contributed by atoms with van der Waals surface area (Å²) >= 11 is 0. The molecular formula is C16H19N5O. The molecule has 6 nitrogen and oxygen atoms in total. The highest BCUT2D eigenvalue weighted by Gasteiger charge is 2.26. The molecule has 0 aliphatic heterocycles. The molecule has 2 heterocycles. The number of rotatable bonds is 4. The Morgan fingerprint density at radius 1 is 1.32 bits per heavy atom. The Labute approximate surface area is 129 Å². The van der Waals surface area contributed by atoms with Crippen molar-refractivity contribution < 1.29 is 4.42 Å². The maximum Gasteiger partial charge on any atom is 0.216 e. The molecule has 6 heteroatoms. The first kappa shape index (κ1) is 14.5. The summed E-state index contributed by atoms with van der Waals surface area (Å²) in [6.45, 7) is 3.71. The highest BCUT2D eigenvalue weighted by Crippen LogP contribution is 2.30. The molecule has 0 amide bonds. The van der Waals surface area contributed by atoms with Crippen molar-refractivity contribution in [1.29, 1.82) is 5.26 Å². The van der Waals surface area contributed by atoms with Gasteiger partial charge < -0.3 is 9.73 Å². The van der Waals surface area contributed by atoms with E-state index in [1.165, 1.54) is 0 Å². The number of nitrogens with one attached hydrogen (secondary N) is 1. The lowest BCUT2D eigenvalue weighted by Gasteiger charge is -2.14. The summed E-state index contributed by atoms with van der Waals surface area (Å²) in [6, 6.07) is 6.38. The van der Waals surface area contributed by atoms with E-state index in [0.29, 0.717) is 23.5 Å². The molecule has 1 fully saturated rings. The van der Waals surface area contributed by atoms with Gasteiger partial charge >= 0.3 is 0 Å². The Hall–Kier alpha value is -2.42. The van der Waals surface area contributed by atoms with Crippen molar-refractivity contribution in [3.8, 4) is 6.07 Å². The molecule has 3 rings (SSSR count). The van der Waals surface area contributed by atoms with E-state index in [4.69, 9.17) is 9.68 Å². The van der Waals surface area contributed by atoms with Gasteiger partial charge in [-0.05, 0) is 43.7 Å². The van der Waals surface area contributed by atoms with Crippen LogP contribution in [0.25, 0.3) is 0 Å². The second-order valence-electron chi connectivity index (χ2n) is 5.91. The molecule has 22 heavy (non-hydrogen) atoms. The first-order chi connectivity index (χ1) is 10.6. The number of anilines is 1. The number of hydrogen-bond donors (Lipinski definition) is 1. The van der Waals surface area contributed by atoms with Crippen molar-refractivity contribution in [2.75, 3.05) is 5.32 Å². The van der Waals surface area contributed by atoms with Crippen molar-refractivity contribution >= 4 is 5.82 Å². The molecule has 1 saturated carbocycles. The van der Waals surface area contributed by atoms with Gasteiger partial charge in [0.25, 0.3) is 0 Å². The van der Waals surface area contributed by atoms with E-state index in [9.17, 15) is 0 Å². The Bertz CT molecular complexity index is 703. The van der Waals surface area contributed by atoms with Crippen molar-refractivity contribution in [2.24, 2.45) is 5.92 Å². The van der Waals surface area contributed by atoms with Gasteiger partial charge in [-0.1, -0.05) is 6.07 Å². The zero-order valence-electron chi connectivity index (χ0n) is 12.8. The summed E-state index contributed by atoms with van der Waals surface area (Å²) in [5, 5.41) is 20.4. The smallest absolute Gasteiger partial charge is 0.216 e. The van der Waals surface area contributed by atoms with E-state index in [1.807, 2.05) is 26.0 Å². The molecule has 0 radical (unpaired) electrons. The number of nitriles is 1. The normalized spacial score (nSPS) is 20.8. The topological polar surface area (TPSA) is 87.6 Å². The summed E-state index contributed by atoms with van der Waals surface area (Å²) in [5.41, 5.74) is 1.39. The molecule has 0 bridgehead atoms. The zero-order chi connectivity index (χ0) is 15.5. The van der Waals surface area contributed by atoms with E-state index in [2.05, 4.69) is 26.6 Å². The molecule has 1 aliphatic rings. The number of aromatic nitrogens is 3. The van der Waals surface area contributed by atoms with Gasteiger partial charge in [0.15, 0.2) is 0 Å². The highest BCUT2D eigenvalue weighted by molar-refractivity contribution is 5.43. The van der Waals surface area contributed by atoms with Gasteiger partial charge in [0.2, 0.25) is 11.8 Å². The highest BCUT2D eigenvalue weighted by atomic mass is 16.4. The van der Waals surface area contributed by atoms with Crippen LogP contribution in [0.2, 0.25) is 0 Å². The average molecular weight is 297 g/mol. The summed E-state index contributed by atoms with van der Waals surface area (Å²) in [6.07, 6.45) is 4.12. The van der Waals surface area contributed by atoms with Crippen LogP contribution in [0.5, 0.6) is 0 Å². The van der Waals surface area contributed by atoms with E-state index >= 15 is 0 Å². The maximum absolute atomic E-state index is 9.05. The molecule has 2 aromatic rings. The van der Waals surface area contributed by atoms with Gasteiger partial charge in [-0.2, -0.15) is 5.26 Å². The second-order valence-corrected chi connectivity index (χ2v) is 5.91. The number of hydrogen-bond acceptors (Lipinski definition) is 6. The van der Waals surface area contributed by atoms with Gasteiger partial charge in [-0.3, -0.25) is 0 Å². The molecule has 0 aromatic carbocycles. The third-order valence-electron chi connectivity index (χ3n) is 4.13. The van der Waals surface area contributed by atoms with E-state index in [1.54, 1.807) is 0 Å². The SMILES string of the molecule is Cc1nnc(C[C@@H]2CC[C@H](Nc3ccc(C)c(C#N)n3)C2)o1. The van der Waals surface area contributed by atoms with E-state index in [-0.39, 0.29) is 0 Å². The molecule has 1 aliphatic carbocycles. The van der Waals surface area contributed by atoms with Crippen LogP contribution in [-0.2, 0) is 6.42 Å². The first-order valence-electron chi connectivity index (χ1n) is 7.57. The average Bonchev–Trinajstić information content (AvgIpc) is 3.11. The Morgan fingerprint density at radius 3 is 2.91 bits per heavy atom. The summed E-state index contributed by atoms with van der Waals surface area (Å²) in [5.74, 6) is 2.68. The molecule has 2 atom stereocenters. The van der Waals surface area contributed by atoms with E-state index in [0.717, 1.165) is 43.0 Å². The van der Waals surface area contributed by atoms with Crippen LogP contribution in [0, 0.1) is 31.1 Å². The van der Waals surface area contributed by atoms with Crippen LogP contribution in [0.4, 0.5) is 5.82 Å². The largest absolute Gasteiger partial charge is 0.426 e. The van der Waals surface area contributed by atoms with Crippen molar-refractivity contribution in [3.63, 3.8) is 0 Å². The minimum atomic E-state index is 0.385. The molecule has 1 N–H and O–H groups in total. The quantitative estimate of drug-likeness (QED) is 0.933. The van der Waals surface area contributed by atoms with Gasteiger partial charge in [0, 0.05) is 19.4 Å². The number of nitrogens with zero attached hydrogens (tertiary/aromatic N) is 4. The minimum Gasteiger partial charge on any atom is -0.426 e. The fraction of sp³-hybridized carbons (Fsp3) is 0.500. The Morgan fingerprint density at radius 2 is 2.18 bits per heavy atom. The zero-order valence-corrected chi connectivity index (χ0v) is 12.8. The lowest BCUT2D eigenvalue weighted by molar-refractivity contribution is 0.416. The molecule has 114 valence electrons. The van der Waals surface area contributed by atoms with Crippen LogP contribution >= 0.6 is 0 Å². The van der Waals surface area contributed by atoms with Gasteiger partial charge in [0.05, 0.1) is 0 Å². The fourth-order valence-electron chi connectivity index (χ4n) is 2.99. The molecule has 0 unspecified atom stereocenters. The number of aryl methyl sites for hydroxylation is 2. The number of pyridine rings is 1. The monoisotopic (exact) mass is 297 g/mol. The predicted molar refractivity (Wildman–Crippen MR) is 81.2 cm³/mol. The second kappa shape index (κ2) is 6.14. The minimum absolute atomic E-state index is 0.385. The van der Waals surface area contributed by atoms with Gasteiger partial charge in [-0.25, -0.2) is 4.98 Å². The predicted octanol–water partition coefficient (Wildman–Crippen LogP) is 2.78. The van der Waals surface area contributed by atoms with Crippen molar-refractivity contribution in [3.05, 3.63) is 35.2 Å². The van der Waals surface area contributed by atoms with Crippen LogP contribution in [0.15, 0.2) is 16.5 Å². The summed E-state index contributed by atoms with van der Waals surface area (Å²) in [4.78, 5) is 4.35. The van der Waals surface area contributed by atoms with E-state index < -0.39 is 0 Å². The third-order valence-corrected chi connectivity index (χ3v) is 4.13. The first-order valence-corrected chi connectivity index (χ1v) is 7.57. The lowest BCUT2D eigenvalue weighted by atomic mass is 10.0. The van der Waals surface area contributed by atoms with Gasteiger partial charge in [0.1, 0.15) is 17.6 Å². The van der Waals surface area contributed by atoms with Crippen LogP contribution in [-0.4, -0.2) is 21.2 Å². The standard InChI is InChI=1S/C16H19N5O/c1-10-3-6-15(19-14(10)9-17)18-13-5-4-12(7-13)8-16-21-20-11(2)22-16/h3,6,12-13H,4-5,7-8H2,1-2H3,(H,18,19)/t12-,13+/m1/s1. The van der Waals surface area contributed by atoms with Crippen LogP contribution < -0.4 is 5.32 Å². The Kier molecular flexibility index (Phi) is 4.05. The fourth-order valence-corrected chi connectivity index (χ4v) is 2.99. The van der Waals surface area contributed by atoms with Crippen molar-refractivity contribution in [1.82, 2.24) is 15.2 Å². The van der Waals surface area contributed by atoms with Crippen molar-refractivity contribution in [2.45, 2.75) is 45.6 Å². The summed E-state index contributed by atoms with van der Waals surface area (Å²) in [7, 11) is 0. The molecule has 0 spiro atoms.